The number of furan rings is 1. The predicted molar refractivity (Wildman–Crippen MR) is 67.5 cm³/mol. The van der Waals surface area contributed by atoms with Crippen molar-refractivity contribution >= 4 is 11.0 Å². The zero-order valence-electron chi connectivity index (χ0n) is 10.2. The Kier molecular flexibility index (Phi) is 3.30. The molecular formula is C14H19NO. The molecule has 0 saturated carbocycles. The normalized spacial score (nSPS) is 11.5. The smallest absolute Gasteiger partial charge is 0.137 e. The number of hydrogen-bond acceptors (Lipinski definition) is 2. The van der Waals surface area contributed by atoms with E-state index in [2.05, 4.69) is 50.4 Å². The van der Waals surface area contributed by atoms with Crippen LogP contribution < -0.4 is 5.32 Å². The molecule has 1 aromatic carbocycles. The number of benzene rings is 1. The Morgan fingerprint density at radius 3 is 2.81 bits per heavy atom. The van der Waals surface area contributed by atoms with Gasteiger partial charge in [-0.1, -0.05) is 32.0 Å². The van der Waals surface area contributed by atoms with Crippen LogP contribution in [0.3, 0.4) is 0 Å². The van der Waals surface area contributed by atoms with Gasteiger partial charge in [-0.05, 0) is 31.0 Å². The molecule has 0 saturated heterocycles. The van der Waals surface area contributed by atoms with Crippen LogP contribution in [-0.2, 0) is 6.54 Å². The largest absolute Gasteiger partial charge is 0.459 e. The van der Waals surface area contributed by atoms with E-state index in [1.807, 2.05) is 0 Å². The molecule has 1 heterocycles. The van der Waals surface area contributed by atoms with Crippen molar-refractivity contribution in [3.05, 3.63) is 35.6 Å². The fourth-order valence-electron chi connectivity index (χ4n) is 1.83. The molecule has 0 fully saturated rings. The van der Waals surface area contributed by atoms with Crippen molar-refractivity contribution in [3.8, 4) is 0 Å². The average Bonchev–Trinajstić information content (AvgIpc) is 2.61. The lowest BCUT2D eigenvalue weighted by atomic mass is 10.2. The van der Waals surface area contributed by atoms with Crippen LogP contribution in [0.4, 0.5) is 0 Å². The SMILES string of the molecule is Cc1cccc2cc(CNCC(C)C)oc12. The van der Waals surface area contributed by atoms with Gasteiger partial charge in [0.1, 0.15) is 11.3 Å². The number of aryl methyl sites for hydroxylation is 1. The summed E-state index contributed by atoms with van der Waals surface area (Å²) >= 11 is 0. The van der Waals surface area contributed by atoms with Crippen molar-refractivity contribution < 1.29 is 4.42 Å². The lowest BCUT2D eigenvalue weighted by molar-refractivity contribution is 0.484. The summed E-state index contributed by atoms with van der Waals surface area (Å²) in [6, 6.07) is 8.36. The molecule has 0 atom stereocenters. The lowest BCUT2D eigenvalue weighted by Crippen LogP contribution is -2.18. The highest BCUT2D eigenvalue weighted by molar-refractivity contribution is 5.80. The van der Waals surface area contributed by atoms with E-state index < -0.39 is 0 Å². The summed E-state index contributed by atoms with van der Waals surface area (Å²) in [5.74, 6) is 1.69. The van der Waals surface area contributed by atoms with Crippen molar-refractivity contribution in [1.29, 1.82) is 0 Å². The summed E-state index contributed by atoms with van der Waals surface area (Å²) in [5.41, 5.74) is 2.22. The maximum atomic E-state index is 5.82. The lowest BCUT2D eigenvalue weighted by Gasteiger charge is -2.04. The third-order valence-corrected chi connectivity index (χ3v) is 2.64. The van der Waals surface area contributed by atoms with Gasteiger partial charge in [-0.15, -0.1) is 0 Å². The molecule has 0 aliphatic rings. The van der Waals surface area contributed by atoms with Gasteiger partial charge >= 0.3 is 0 Å². The molecule has 1 aromatic heterocycles. The molecule has 2 rings (SSSR count). The molecular weight excluding hydrogens is 198 g/mol. The van der Waals surface area contributed by atoms with Gasteiger partial charge in [0.2, 0.25) is 0 Å². The van der Waals surface area contributed by atoms with Crippen LogP contribution in [0.5, 0.6) is 0 Å². The maximum absolute atomic E-state index is 5.82. The van der Waals surface area contributed by atoms with Crippen LogP contribution in [0.2, 0.25) is 0 Å². The highest BCUT2D eigenvalue weighted by Gasteiger charge is 2.05. The number of nitrogens with one attached hydrogen (secondary N) is 1. The fourth-order valence-corrected chi connectivity index (χ4v) is 1.83. The van der Waals surface area contributed by atoms with Crippen LogP contribution >= 0.6 is 0 Å². The minimum absolute atomic E-state index is 0.672. The zero-order chi connectivity index (χ0) is 11.5. The van der Waals surface area contributed by atoms with Gasteiger partial charge in [-0.2, -0.15) is 0 Å². The van der Waals surface area contributed by atoms with Crippen LogP contribution in [0.1, 0.15) is 25.2 Å². The number of hydrogen-bond donors (Lipinski definition) is 1. The molecule has 0 amide bonds. The van der Waals surface area contributed by atoms with E-state index in [1.165, 1.54) is 10.9 Å². The molecule has 86 valence electrons. The van der Waals surface area contributed by atoms with Gasteiger partial charge in [0.15, 0.2) is 0 Å². The van der Waals surface area contributed by atoms with Crippen LogP contribution in [0.15, 0.2) is 28.7 Å². The molecule has 0 aliphatic carbocycles. The van der Waals surface area contributed by atoms with E-state index in [4.69, 9.17) is 4.42 Å². The monoisotopic (exact) mass is 217 g/mol. The van der Waals surface area contributed by atoms with Crippen LogP contribution in [-0.4, -0.2) is 6.54 Å². The third kappa shape index (κ3) is 2.45. The van der Waals surface area contributed by atoms with E-state index in [9.17, 15) is 0 Å². The van der Waals surface area contributed by atoms with Gasteiger partial charge < -0.3 is 9.73 Å². The predicted octanol–water partition coefficient (Wildman–Crippen LogP) is 3.49. The number of rotatable bonds is 4. The van der Waals surface area contributed by atoms with Gasteiger partial charge in [0.25, 0.3) is 0 Å². The quantitative estimate of drug-likeness (QED) is 0.848. The molecule has 0 unspecified atom stereocenters. The Morgan fingerprint density at radius 1 is 1.31 bits per heavy atom. The van der Waals surface area contributed by atoms with E-state index in [1.54, 1.807) is 0 Å². The van der Waals surface area contributed by atoms with E-state index in [0.29, 0.717) is 5.92 Å². The average molecular weight is 217 g/mol. The maximum Gasteiger partial charge on any atom is 0.137 e. The van der Waals surface area contributed by atoms with Gasteiger partial charge in [0, 0.05) is 5.39 Å². The van der Waals surface area contributed by atoms with Crippen molar-refractivity contribution in [2.24, 2.45) is 5.92 Å². The first-order valence-corrected chi connectivity index (χ1v) is 5.85. The topological polar surface area (TPSA) is 25.2 Å². The number of para-hydroxylation sites is 1. The van der Waals surface area contributed by atoms with Crippen molar-refractivity contribution in [1.82, 2.24) is 5.32 Å². The van der Waals surface area contributed by atoms with Gasteiger partial charge in [-0.25, -0.2) is 0 Å². The zero-order valence-corrected chi connectivity index (χ0v) is 10.2. The molecule has 0 spiro atoms. The highest BCUT2D eigenvalue weighted by Crippen LogP contribution is 2.22. The summed E-state index contributed by atoms with van der Waals surface area (Å²) in [5, 5.41) is 4.58. The summed E-state index contributed by atoms with van der Waals surface area (Å²) in [6.45, 7) is 8.32. The van der Waals surface area contributed by atoms with Crippen LogP contribution in [0.25, 0.3) is 11.0 Å². The van der Waals surface area contributed by atoms with E-state index in [-0.39, 0.29) is 0 Å². The van der Waals surface area contributed by atoms with Crippen molar-refractivity contribution in [3.63, 3.8) is 0 Å². The Hall–Kier alpha value is -1.28. The molecule has 16 heavy (non-hydrogen) atoms. The fraction of sp³-hybridized carbons (Fsp3) is 0.429. The second-order valence-electron chi connectivity index (χ2n) is 4.73. The Morgan fingerprint density at radius 2 is 2.12 bits per heavy atom. The first-order valence-electron chi connectivity index (χ1n) is 5.85. The van der Waals surface area contributed by atoms with Crippen LogP contribution in [0, 0.1) is 12.8 Å². The number of fused-ring (bicyclic) bond motifs is 1. The first kappa shape index (κ1) is 11.2. The van der Waals surface area contributed by atoms with Gasteiger partial charge in [0.05, 0.1) is 6.54 Å². The van der Waals surface area contributed by atoms with E-state index >= 15 is 0 Å². The van der Waals surface area contributed by atoms with Crippen molar-refractivity contribution in [2.45, 2.75) is 27.3 Å². The third-order valence-electron chi connectivity index (χ3n) is 2.64. The molecule has 0 aliphatic heterocycles. The Balaban J connectivity index is 2.11. The molecule has 0 radical (unpaired) electrons. The molecule has 2 nitrogen and oxygen atoms in total. The second kappa shape index (κ2) is 4.71. The Labute approximate surface area is 96.6 Å². The molecule has 1 N–H and O–H groups in total. The molecule has 0 bridgehead atoms. The minimum Gasteiger partial charge on any atom is -0.459 e. The summed E-state index contributed by atoms with van der Waals surface area (Å²) in [7, 11) is 0. The second-order valence-corrected chi connectivity index (χ2v) is 4.73. The minimum atomic E-state index is 0.672. The highest BCUT2D eigenvalue weighted by atomic mass is 16.3. The van der Waals surface area contributed by atoms with Crippen molar-refractivity contribution in [2.75, 3.05) is 6.54 Å². The Bertz CT molecular complexity index is 471. The standard InChI is InChI=1S/C14H19NO/c1-10(2)8-15-9-13-7-12-6-4-5-11(3)14(12)16-13/h4-7,10,15H,8-9H2,1-3H3. The summed E-state index contributed by atoms with van der Waals surface area (Å²) < 4.78 is 5.82. The summed E-state index contributed by atoms with van der Waals surface area (Å²) in [6.07, 6.45) is 0. The summed E-state index contributed by atoms with van der Waals surface area (Å²) in [4.78, 5) is 0. The molecule has 2 aromatic rings. The van der Waals surface area contributed by atoms with Gasteiger partial charge in [-0.3, -0.25) is 0 Å². The first-order chi connectivity index (χ1) is 7.66. The van der Waals surface area contributed by atoms with E-state index in [0.717, 1.165) is 24.4 Å². The molecule has 2 heteroatoms.